The fraction of sp³-hybridized carbons (Fsp3) is 0.500. The van der Waals surface area contributed by atoms with Crippen molar-refractivity contribution in [3.05, 3.63) is 70.8 Å². The number of benzene rings is 2. The summed E-state index contributed by atoms with van der Waals surface area (Å²) in [7, 11) is 0.588. The summed E-state index contributed by atoms with van der Waals surface area (Å²) in [6.07, 6.45) is 1.60. The van der Waals surface area contributed by atoms with E-state index in [0.717, 1.165) is 5.57 Å². The molecule has 0 bridgehead atoms. The van der Waals surface area contributed by atoms with Crippen molar-refractivity contribution >= 4 is 19.9 Å². The van der Waals surface area contributed by atoms with E-state index in [4.69, 9.17) is 23.4 Å². The SMILES string of the molecule is COc1ccc(OC)c2c1C(=O)[C@@H]1CC(C)=C[C@@H](O[Si](C)(C)C(C)(C)C)[C@]1(C(=O)c1ccccc1)C21OCCO1. The summed E-state index contributed by atoms with van der Waals surface area (Å²) in [6, 6.07) is 12.6. The highest BCUT2D eigenvalue weighted by molar-refractivity contribution is 6.74. The molecule has 0 saturated carbocycles. The van der Waals surface area contributed by atoms with Crippen molar-refractivity contribution in [2.45, 2.75) is 64.1 Å². The number of methoxy groups -OCH3 is 2. The van der Waals surface area contributed by atoms with Crippen LogP contribution < -0.4 is 9.47 Å². The van der Waals surface area contributed by atoms with E-state index in [9.17, 15) is 4.79 Å². The lowest BCUT2D eigenvalue weighted by atomic mass is 9.51. The number of fused-ring (bicyclic) bond motifs is 4. The summed E-state index contributed by atoms with van der Waals surface area (Å²) in [6.45, 7) is 13.3. The van der Waals surface area contributed by atoms with E-state index in [1.54, 1.807) is 31.4 Å². The van der Waals surface area contributed by atoms with Crippen molar-refractivity contribution in [3.63, 3.8) is 0 Å². The van der Waals surface area contributed by atoms with E-state index >= 15 is 4.79 Å². The topological polar surface area (TPSA) is 80.3 Å². The Kier molecular flexibility index (Phi) is 7.14. The van der Waals surface area contributed by atoms with Crippen molar-refractivity contribution < 1.29 is 33.0 Å². The van der Waals surface area contributed by atoms with Gasteiger partial charge in [-0.25, -0.2) is 0 Å². The molecule has 1 aliphatic heterocycles. The number of carbonyl (C=O) groups excluding carboxylic acids is 2. The third kappa shape index (κ3) is 3.95. The van der Waals surface area contributed by atoms with E-state index in [2.05, 4.69) is 33.9 Å². The Labute approximate surface area is 237 Å². The second-order valence-corrected chi connectivity index (χ2v) is 17.3. The molecule has 7 nitrogen and oxygen atoms in total. The number of Topliss-reactive ketones (excluding diaryl/α,β-unsaturated/α-hetero) is 2. The van der Waals surface area contributed by atoms with Gasteiger partial charge in [0.25, 0.3) is 0 Å². The van der Waals surface area contributed by atoms with Gasteiger partial charge in [-0.15, -0.1) is 0 Å². The first-order valence-corrected chi connectivity index (χ1v) is 16.8. The van der Waals surface area contributed by atoms with Gasteiger partial charge in [0.05, 0.1) is 44.7 Å². The van der Waals surface area contributed by atoms with E-state index in [1.165, 1.54) is 7.11 Å². The van der Waals surface area contributed by atoms with E-state index < -0.39 is 31.5 Å². The Balaban J connectivity index is 1.92. The highest BCUT2D eigenvalue weighted by Crippen LogP contribution is 2.66. The maximum Gasteiger partial charge on any atom is 0.216 e. The van der Waals surface area contributed by atoms with E-state index in [1.807, 2.05) is 31.2 Å². The average Bonchev–Trinajstić information content (AvgIpc) is 3.41. The molecule has 8 heteroatoms. The van der Waals surface area contributed by atoms with Gasteiger partial charge >= 0.3 is 0 Å². The molecule has 0 amide bonds. The van der Waals surface area contributed by atoms with Gasteiger partial charge in [-0.05, 0) is 43.6 Å². The quantitative estimate of drug-likeness (QED) is 0.231. The van der Waals surface area contributed by atoms with Gasteiger partial charge in [-0.3, -0.25) is 9.59 Å². The van der Waals surface area contributed by atoms with Crippen LogP contribution in [0.2, 0.25) is 18.1 Å². The van der Waals surface area contributed by atoms with Crippen LogP contribution in [0.5, 0.6) is 11.5 Å². The molecule has 1 heterocycles. The zero-order valence-corrected chi connectivity index (χ0v) is 25.8. The molecular formula is C32H40O7Si. The zero-order valence-electron chi connectivity index (χ0n) is 24.8. The van der Waals surface area contributed by atoms with Crippen molar-refractivity contribution in [2.24, 2.45) is 11.3 Å². The molecule has 0 radical (unpaired) electrons. The fourth-order valence-corrected chi connectivity index (χ4v) is 7.64. The first-order valence-electron chi connectivity index (χ1n) is 13.9. The number of rotatable bonds is 6. The minimum Gasteiger partial charge on any atom is -0.496 e. The second kappa shape index (κ2) is 9.94. The molecule has 1 fully saturated rings. The van der Waals surface area contributed by atoms with Crippen LogP contribution in [0.15, 0.2) is 54.1 Å². The normalized spacial score (nSPS) is 25.7. The average molecular weight is 565 g/mol. The summed E-state index contributed by atoms with van der Waals surface area (Å²) < 4.78 is 32.0. The number of hydrogen-bond donors (Lipinski definition) is 0. The summed E-state index contributed by atoms with van der Waals surface area (Å²) in [4.78, 5) is 30.0. The molecule has 0 N–H and O–H groups in total. The molecule has 3 aliphatic rings. The van der Waals surface area contributed by atoms with Crippen LogP contribution in [0.25, 0.3) is 0 Å². The second-order valence-electron chi connectivity index (χ2n) is 12.5. The third-order valence-corrected chi connectivity index (χ3v) is 13.8. The molecular weight excluding hydrogens is 524 g/mol. The molecule has 0 unspecified atom stereocenters. The smallest absolute Gasteiger partial charge is 0.216 e. The van der Waals surface area contributed by atoms with Crippen molar-refractivity contribution in [1.82, 2.24) is 0 Å². The molecule has 40 heavy (non-hydrogen) atoms. The Bertz CT molecular complexity index is 1350. The monoisotopic (exact) mass is 564 g/mol. The van der Waals surface area contributed by atoms with Crippen LogP contribution in [0.1, 0.15) is 60.4 Å². The van der Waals surface area contributed by atoms with Crippen LogP contribution >= 0.6 is 0 Å². The number of allylic oxidation sites excluding steroid dienone is 1. The molecule has 2 aliphatic carbocycles. The summed E-state index contributed by atoms with van der Waals surface area (Å²) >= 11 is 0. The molecule has 5 rings (SSSR count). The van der Waals surface area contributed by atoms with Crippen LogP contribution in [0.4, 0.5) is 0 Å². The Morgan fingerprint density at radius 2 is 1.57 bits per heavy atom. The minimum absolute atomic E-state index is 0.152. The van der Waals surface area contributed by atoms with Gasteiger partial charge in [0.1, 0.15) is 16.9 Å². The lowest BCUT2D eigenvalue weighted by Gasteiger charge is -2.58. The van der Waals surface area contributed by atoms with Gasteiger partial charge in [0, 0.05) is 11.5 Å². The first kappa shape index (κ1) is 28.7. The lowest BCUT2D eigenvalue weighted by Crippen LogP contribution is -2.69. The number of carbonyl (C=O) groups is 2. The minimum atomic E-state index is -2.49. The number of hydrogen-bond acceptors (Lipinski definition) is 7. The zero-order chi connectivity index (χ0) is 29.1. The molecule has 3 atom stereocenters. The van der Waals surface area contributed by atoms with Gasteiger partial charge in [-0.2, -0.15) is 0 Å². The molecule has 2 aromatic carbocycles. The van der Waals surface area contributed by atoms with Gasteiger partial charge in [-0.1, -0.05) is 62.8 Å². The summed E-state index contributed by atoms with van der Waals surface area (Å²) in [5.41, 5.74) is 0.641. The van der Waals surface area contributed by atoms with Crippen molar-refractivity contribution in [2.75, 3.05) is 27.4 Å². The number of ether oxygens (including phenoxy) is 4. The van der Waals surface area contributed by atoms with Gasteiger partial charge in [0.2, 0.25) is 5.79 Å². The number of ketones is 2. The lowest BCUT2D eigenvalue weighted by molar-refractivity contribution is -0.264. The molecule has 0 aromatic heterocycles. The maximum absolute atomic E-state index is 15.2. The van der Waals surface area contributed by atoms with Gasteiger partial charge < -0.3 is 23.4 Å². The molecule has 2 aromatic rings. The van der Waals surface area contributed by atoms with Crippen LogP contribution in [0.3, 0.4) is 0 Å². The maximum atomic E-state index is 15.2. The Morgan fingerprint density at radius 1 is 0.975 bits per heavy atom. The highest BCUT2D eigenvalue weighted by Gasteiger charge is 2.75. The van der Waals surface area contributed by atoms with E-state index in [0.29, 0.717) is 34.6 Å². The largest absolute Gasteiger partial charge is 0.496 e. The predicted molar refractivity (Wildman–Crippen MR) is 155 cm³/mol. The Hall–Kier alpha value is -2.78. The summed E-state index contributed by atoms with van der Waals surface area (Å²) in [5.74, 6) is -2.09. The molecule has 1 spiro atoms. The van der Waals surface area contributed by atoms with Crippen LogP contribution in [-0.2, 0) is 19.7 Å². The fourth-order valence-electron chi connectivity index (χ4n) is 6.39. The first-order chi connectivity index (χ1) is 18.9. The highest BCUT2D eigenvalue weighted by atomic mass is 28.4. The van der Waals surface area contributed by atoms with Crippen LogP contribution in [-0.4, -0.2) is 53.4 Å². The Morgan fingerprint density at radius 3 is 2.15 bits per heavy atom. The van der Waals surface area contributed by atoms with Crippen LogP contribution in [0, 0.1) is 11.3 Å². The molecule has 1 saturated heterocycles. The molecule has 214 valence electrons. The summed E-state index contributed by atoms with van der Waals surface area (Å²) in [5, 5.41) is -0.152. The predicted octanol–water partition coefficient (Wildman–Crippen LogP) is 6.33. The van der Waals surface area contributed by atoms with Gasteiger partial charge in [0.15, 0.2) is 19.9 Å². The van der Waals surface area contributed by atoms with E-state index in [-0.39, 0.29) is 29.8 Å². The van der Waals surface area contributed by atoms with Crippen molar-refractivity contribution in [3.8, 4) is 11.5 Å². The third-order valence-electron chi connectivity index (χ3n) is 9.30. The van der Waals surface area contributed by atoms with Crippen molar-refractivity contribution in [1.29, 1.82) is 0 Å². The standard InChI is InChI=1S/C32H40O7Si/c1-20-18-22-28(33)26-23(35-5)14-15-24(36-6)27(26)32(37-16-17-38-32)31(22,29(34)21-12-10-9-11-13-21)25(19-20)39-40(7,8)30(2,3)4/h9-15,19,22,25H,16-18H2,1-8H3/t22-,25+,31+/m0/s1.